The lowest BCUT2D eigenvalue weighted by Gasteiger charge is -2.23. The van der Waals surface area contributed by atoms with Crippen molar-refractivity contribution in [2.75, 3.05) is 6.79 Å². The fourth-order valence-corrected chi connectivity index (χ4v) is 2.26. The third-order valence-electron chi connectivity index (χ3n) is 3.16. The second kappa shape index (κ2) is 4.41. The smallest absolute Gasteiger partial charge is 0.320 e. The van der Waals surface area contributed by atoms with E-state index in [2.05, 4.69) is 10.6 Å². The Hall–Kier alpha value is -2.77. The van der Waals surface area contributed by atoms with Crippen LogP contribution in [0.5, 0.6) is 11.5 Å². The van der Waals surface area contributed by atoms with Crippen molar-refractivity contribution >= 4 is 6.03 Å². The van der Waals surface area contributed by atoms with Gasteiger partial charge in [-0.1, -0.05) is 6.07 Å². The molecular formula is C12H11N3O5. The van der Waals surface area contributed by atoms with E-state index in [0.717, 1.165) is 0 Å². The molecule has 0 spiro atoms. The van der Waals surface area contributed by atoms with Gasteiger partial charge in [0.2, 0.25) is 6.79 Å². The maximum atomic E-state index is 11.5. The summed E-state index contributed by atoms with van der Waals surface area (Å²) in [4.78, 5) is 22.2. The molecule has 8 nitrogen and oxygen atoms in total. The largest absolute Gasteiger partial charge is 0.454 e. The molecule has 3 rings (SSSR count). The van der Waals surface area contributed by atoms with Gasteiger partial charge >= 0.3 is 6.03 Å². The number of nitrogens with one attached hydrogen (secondary N) is 2. The zero-order valence-corrected chi connectivity index (χ0v) is 10.5. The molecule has 0 saturated carbocycles. The molecule has 0 aromatic heterocycles. The fourth-order valence-electron chi connectivity index (χ4n) is 2.26. The average Bonchev–Trinajstić information content (AvgIpc) is 2.84. The Balaban J connectivity index is 2.05. The quantitative estimate of drug-likeness (QED) is 0.626. The molecule has 104 valence electrons. The molecule has 2 N–H and O–H groups in total. The zero-order chi connectivity index (χ0) is 14.3. The van der Waals surface area contributed by atoms with Crippen molar-refractivity contribution in [2.45, 2.75) is 13.0 Å². The van der Waals surface area contributed by atoms with Gasteiger partial charge in [0.25, 0.3) is 5.70 Å². The Morgan fingerprint density at radius 1 is 1.35 bits per heavy atom. The van der Waals surface area contributed by atoms with Crippen LogP contribution in [0.1, 0.15) is 18.5 Å². The SMILES string of the molecule is CC1=C([N+](=O)[O-])C(c2ccc3c(c2)OCO3)NC(=O)N1. The van der Waals surface area contributed by atoms with Crippen molar-refractivity contribution in [3.63, 3.8) is 0 Å². The van der Waals surface area contributed by atoms with Gasteiger partial charge in [-0.25, -0.2) is 4.79 Å². The first-order chi connectivity index (χ1) is 9.56. The second-order valence-electron chi connectivity index (χ2n) is 4.41. The minimum absolute atomic E-state index is 0.0940. The van der Waals surface area contributed by atoms with Crippen LogP contribution in [0.2, 0.25) is 0 Å². The van der Waals surface area contributed by atoms with Crippen LogP contribution < -0.4 is 20.1 Å². The molecule has 8 heteroatoms. The van der Waals surface area contributed by atoms with Gasteiger partial charge in [0, 0.05) is 0 Å². The number of urea groups is 1. The third-order valence-corrected chi connectivity index (χ3v) is 3.16. The van der Waals surface area contributed by atoms with E-state index in [1.807, 2.05) is 0 Å². The topological polar surface area (TPSA) is 103 Å². The van der Waals surface area contributed by atoms with Crippen molar-refractivity contribution in [3.05, 3.63) is 45.3 Å². The van der Waals surface area contributed by atoms with Crippen LogP contribution in [-0.4, -0.2) is 17.7 Å². The van der Waals surface area contributed by atoms with Crippen molar-refractivity contribution in [1.82, 2.24) is 10.6 Å². The molecule has 1 aromatic rings. The van der Waals surface area contributed by atoms with Crippen LogP contribution in [0.25, 0.3) is 0 Å². The third kappa shape index (κ3) is 1.91. The number of fused-ring (bicyclic) bond motifs is 1. The normalized spacial score (nSPS) is 20.4. The maximum Gasteiger partial charge on any atom is 0.320 e. The number of amides is 2. The molecule has 2 aliphatic rings. The van der Waals surface area contributed by atoms with Gasteiger partial charge in [-0.2, -0.15) is 0 Å². The summed E-state index contributed by atoms with van der Waals surface area (Å²) < 4.78 is 10.4. The van der Waals surface area contributed by atoms with Crippen LogP contribution in [-0.2, 0) is 0 Å². The van der Waals surface area contributed by atoms with Crippen molar-refractivity contribution in [3.8, 4) is 11.5 Å². The molecule has 1 atom stereocenters. The van der Waals surface area contributed by atoms with Gasteiger partial charge in [0.1, 0.15) is 6.04 Å². The predicted octanol–water partition coefficient (Wildman–Crippen LogP) is 1.28. The number of ether oxygens (including phenoxy) is 2. The summed E-state index contributed by atoms with van der Waals surface area (Å²) in [6.07, 6.45) is 0. The fraction of sp³-hybridized carbons (Fsp3) is 0.250. The number of hydrogen-bond acceptors (Lipinski definition) is 5. The highest BCUT2D eigenvalue weighted by atomic mass is 16.7. The monoisotopic (exact) mass is 277 g/mol. The van der Waals surface area contributed by atoms with Crippen LogP contribution in [0.15, 0.2) is 29.6 Å². The predicted molar refractivity (Wildman–Crippen MR) is 66.7 cm³/mol. The minimum atomic E-state index is -0.826. The maximum absolute atomic E-state index is 11.5. The van der Waals surface area contributed by atoms with Gasteiger partial charge < -0.3 is 20.1 Å². The van der Waals surface area contributed by atoms with Crippen molar-refractivity contribution < 1.29 is 19.2 Å². The van der Waals surface area contributed by atoms with Crippen LogP contribution >= 0.6 is 0 Å². The van der Waals surface area contributed by atoms with E-state index in [4.69, 9.17) is 9.47 Å². The minimum Gasteiger partial charge on any atom is -0.454 e. The number of nitrogens with zero attached hydrogens (tertiary/aromatic N) is 1. The van der Waals surface area contributed by atoms with Gasteiger partial charge in [-0.3, -0.25) is 10.1 Å². The Labute approximate surface area is 113 Å². The summed E-state index contributed by atoms with van der Waals surface area (Å²) in [6, 6.07) is 3.67. The van der Waals surface area contributed by atoms with Gasteiger partial charge in [0.05, 0.1) is 10.6 Å². The van der Waals surface area contributed by atoms with Gasteiger partial charge in [0.15, 0.2) is 11.5 Å². The first-order valence-corrected chi connectivity index (χ1v) is 5.88. The molecule has 2 aliphatic heterocycles. The molecule has 0 aliphatic carbocycles. The summed E-state index contributed by atoms with van der Waals surface area (Å²) in [7, 11) is 0. The van der Waals surface area contributed by atoms with Crippen LogP contribution in [0, 0.1) is 10.1 Å². The number of allylic oxidation sites excluding steroid dienone is 1. The Kier molecular flexibility index (Phi) is 2.70. The van der Waals surface area contributed by atoms with E-state index in [-0.39, 0.29) is 18.2 Å². The number of carbonyl (C=O) groups is 1. The molecule has 1 aromatic carbocycles. The van der Waals surface area contributed by atoms with Crippen molar-refractivity contribution in [1.29, 1.82) is 0 Å². The van der Waals surface area contributed by atoms with E-state index in [9.17, 15) is 14.9 Å². The van der Waals surface area contributed by atoms with Crippen molar-refractivity contribution in [2.24, 2.45) is 0 Å². The number of benzene rings is 1. The van der Waals surface area contributed by atoms with Crippen LogP contribution in [0.3, 0.4) is 0 Å². The summed E-state index contributed by atoms with van der Waals surface area (Å²) in [5.74, 6) is 1.09. The average molecular weight is 277 g/mol. The van der Waals surface area contributed by atoms with E-state index in [1.165, 1.54) is 6.92 Å². The standard InChI is InChI=1S/C12H11N3O5/c1-6-11(15(17)18)10(14-12(16)13-6)7-2-3-8-9(4-7)20-5-19-8/h2-4,10H,5H2,1H3,(H2,13,14,16). The zero-order valence-electron chi connectivity index (χ0n) is 10.5. The first-order valence-electron chi connectivity index (χ1n) is 5.88. The lowest BCUT2D eigenvalue weighted by molar-refractivity contribution is -0.432. The molecule has 0 radical (unpaired) electrons. The van der Waals surface area contributed by atoms with Crippen LogP contribution in [0.4, 0.5) is 4.79 Å². The summed E-state index contributed by atoms with van der Waals surface area (Å²) >= 11 is 0. The Morgan fingerprint density at radius 3 is 2.85 bits per heavy atom. The lowest BCUT2D eigenvalue weighted by atomic mass is 10.0. The highest BCUT2D eigenvalue weighted by Gasteiger charge is 2.35. The second-order valence-corrected chi connectivity index (χ2v) is 4.41. The molecule has 0 saturated heterocycles. The number of rotatable bonds is 2. The van der Waals surface area contributed by atoms with Gasteiger partial charge in [-0.05, 0) is 24.6 Å². The van der Waals surface area contributed by atoms with E-state index >= 15 is 0 Å². The summed E-state index contributed by atoms with van der Waals surface area (Å²) in [5.41, 5.74) is 0.694. The molecular weight excluding hydrogens is 266 g/mol. The highest BCUT2D eigenvalue weighted by Crippen LogP contribution is 2.36. The number of nitro groups is 1. The first kappa shape index (κ1) is 12.3. The molecule has 1 unspecified atom stereocenters. The number of hydrogen-bond donors (Lipinski definition) is 2. The van der Waals surface area contributed by atoms with Gasteiger partial charge in [-0.15, -0.1) is 0 Å². The molecule has 2 heterocycles. The summed E-state index contributed by atoms with van der Waals surface area (Å²) in [6.45, 7) is 1.62. The Bertz CT molecular complexity index is 640. The molecule has 0 bridgehead atoms. The number of carbonyl (C=O) groups excluding carboxylic acids is 1. The van der Waals surface area contributed by atoms with E-state index in [1.54, 1.807) is 18.2 Å². The molecule has 2 amide bonds. The highest BCUT2D eigenvalue weighted by molar-refractivity contribution is 5.78. The molecule has 0 fully saturated rings. The Morgan fingerprint density at radius 2 is 2.10 bits per heavy atom. The summed E-state index contributed by atoms with van der Waals surface area (Å²) in [5, 5.41) is 16.1. The van der Waals surface area contributed by atoms with E-state index < -0.39 is 17.0 Å². The van der Waals surface area contributed by atoms with E-state index in [0.29, 0.717) is 17.1 Å². The lowest BCUT2D eigenvalue weighted by Crippen LogP contribution is -2.44. The molecule has 20 heavy (non-hydrogen) atoms.